The summed E-state index contributed by atoms with van der Waals surface area (Å²) in [6, 6.07) is 12.8. The molecule has 2 rings (SSSR count). The Morgan fingerprint density at radius 1 is 1.19 bits per heavy atom. The molecule has 0 spiro atoms. The van der Waals surface area contributed by atoms with Crippen LogP contribution in [0.15, 0.2) is 53.4 Å². The Labute approximate surface area is 161 Å². The molecule has 0 saturated heterocycles. The number of hydrogen-bond donors (Lipinski definition) is 2. The van der Waals surface area contributed by atoms with Gasteiger partial charge in [0.1, 0.15) is 6.04 Å². The molecule has 2 N–H and O–H groups in total. The van der Waals surface area contributed by atoms with Crippen molar-refractivity contribution in [2.75, 3.05) is 12.3 Å². The van der Waals surface area contributed by atoms with Crippen molar-refractivity contribution < 1.29 is 14.5 Å². The van der Waals surface area contributed by atoms with Gasteiger partial charge in [0.2, 0.25) is 5.91 Å². The highest BCUT2D eigenvalue weighted by Gasteiger charge is 2.17. The van der Waals surface area contributed by atoms with Gasteiger partial charge in [0, 0.05) is 34.9 Å². The molecule has 0 saturated carbocycles. The lowest BCUT2D eigenvalue weighted by Crippen LogP contribution is -2.45. The zero-order valence-electron chi connectivity index (χ0n) is 15.1. The van der Waals surface area contributed by atoms with Crippen LogP contribution >= 0.6 is 11.8 Å². The zero-order chi connectivity index (χ0) is 19.8. The number of carbonyl (C=O) groups excluding carboxylic acids is 2. The monoisotopic (exact) mass is 387 g/mol. The molecule has 0 aliphatic rings. The van der Waals surface area contributed by atoms with Gasteiger partial charge in [0.25, 0.3) is 11.6 Å². The molecule has 2 amide bonds. The average Bonchev–Trinajstić information content (AvgIpc) is 2.66. The smallest absolute Gasteiger partial charge is 0.270 e. The minimum atomic E-state index is -0.749. The number of non-ortho nitro benzene ring substituents is 1. The lowest BCUT2D eigenvalue weighted by Gasteiger charge is -2.14. The highest BCUT2D eigenvalue weighted by molar-refractivity contribution is 7.99. The first-order valence-corrected chi connectivity index (χ1v) is 9.38. The van der Waals surface area contributed by atoms with E-state index in [-0.39, 0.29) is 17.2 Å². The van der Waals surface area contributed by atoms with Gasteiger partial charge >= 0.3 is 0 Å². The van der Waals surface area contributed by atoms with Crippen molar-refractivity contribution in [3.8, 4) is 0 Å². The Morgan fingerprint density at radius 2 is 1.89 bits per heavy atom. The van der Waals surface area contributed by atoms with Crippen LogP contribution in [0.5, 0.6) is 0 Å². The molecule has 0 aliphatic heterocycles. The molecule has 0 aliphatic carbocycles. The highest BCUT2D eigenvalue weighted by atomic mass is 32.2. The van der Waals surface area contributed by atoms with Crippen LogP contribution in [0.25, 0.3) is 0 Å². The van der Waals surface area contributed by atoms with E-state index in [1.807, 2.05) is 31.2 Å². The Kier molecular flexibility index (Phi) is 7.36. The summed E-state index contributed by atoms with van der Waals surface area (Å²) in [5.74, 6) is -0.131. The third kappa shape index (κ3) is 6.41. The van der Waals surface area contributed by atoms with E-state index in [4.69, 9.17) is 0 Å². The van der Waals surface area contributed by atoms with Gasteiger partial charge in [-0.25, -0.2) is 0 Å². The van der Waals surface area contributed by atoms with Crippen LogP contribution in [0.4, 0.5) is 5.69 Å². The Morgan fingerprint density at radius 3 is 2.56 bits per heavy atom. The molecule has 2 aromatic carbocycles. The lowest BCUT2D eigenvalue weighted by atomic mass is 10.1. The SMILES string of the molecule is Cc1ccc(SCCNC(=O)C(C)NC(=O)c2cccc([N+](=O)[O-])c2)cc1. The summed E-state index contributed by atoms with van der Waals surface area (Å²) in [4.78, 5) is 35.6. The van der Waals surface area contributed by atoms with E-state index in [1.165, 1.54) is 29.8 Å². The largest absolute Gasteiger partial charge is 0.353 e. The van der Waals surface area contributed by atoms with Crippen LogP contribution in [0, 0.1) is 17.0 Å². The van der Waals surface area contributed by atoms with Gasteiger partial charge in [-0.3, -0.25) is 19.7 Å². The van der Waals surface area contributed by atoms with Crippen molar-refractivity contribution in [2.24, 2.45) is 0 Å². The minimum absolute atomic E-state index is 0.138. The topological polar surface area (TPSA) is 101 Å². The number of nitrogens with zero attached hydrogens (tertiary/aromatic N) is 1. The van der Waals surface area contributed by atoms with Gasteiger partial charge in [-0.05, 0) is 32.0 Å². The molecular weight excluding hydrogens is 366 g/mol. The maximum atomic E-state index is 12.2. The fourth-order valence-electron chi connectivity index (χ4n) is 2.24. The molecule has 0 radical (unpaired) electrons. The van der Waals surface area contributed by atoms with Gasteiger partial charge in [-0.15, -0.1) is 11.8 Å². The van der Waals surface area contributed by atoms with Crippen molar-refractivity contribution in [1.29, 1.82) is 0 Å². The van der Waals surface area contributed by atoms with E-state index in [2.05, 4.69) is 10.6 Å². The molecule has 27 heavy (non-hydrogen) atoms. The van der Waals surface area contributed by atoms with Gasteiger partial charge in [-0.2, -0.15) is 0 Å². The number of hydrogen-bond acceptors (Lipinski definition) is 5. The second-order valence-electron chi connectivity index (χ2n) is 5.96. The van der Waals surface area contributed by atoms with Gasteiger partial charge in [0.05, 0.1) is 4.92 Å². The molecule has 0 fully saturated rings. The Bertz CT molecular complexity index is 824. The number of benzene rings is 2. The second-order valence-corrected chi connectivity index (χ2v) is 7.12. The summed E-state index contributed by atoms with van der Waals surface area (Å²) in [5.41, 5.74) is 1.16. The highest BCUT2D eigenvalue weighted by Crippen LogP contribution is 2.17. The standard InChI is InChI=1S/C19H21N3O4S/c1-13-6-8-17(9-7-13)27-11-10-20-18(23)14(2)21-19(24)15-4-3-5-16(12-15)22(25)26/h3-9,12,14H,10-11H2,1-2H3,(H,20,23)(H,21,24). The number of thioether (sulfide) groups is 1. The summed E-state index contributed by atoms with van der Waals surface area (Å²) in [5, 5.41) is 16.1. The minimum Gasteiger partial charge on any atom is -0.353 e. The number of aryl methyl sites for hydroxylation is 1. The summed E-state index contributed by atoms with van der Waals surface area (Å²) < 4.78 is 0. The third-order valence-electron chi connectivity index (χ3n) is 3.75. The van der Waals surface area contributed by atoms with Crippen LogP contribution < -0.4 is 10.6 Å². The number of rotatable bonds is 8. The van der Waals surface area contributed by atoms with Crippen LogP contribution in [-0.2, 0) is 4.79 Å². The van der Waals surface area contributed by atoms with E-state index in [0.29, 0.717) is 12.3 Å². The zero-order valence-corrected chi connectivity index (χ0v) is 15.9. The van der Waals surface area contributed by atoms with Crippen molar-refractivity contribution >= 4 is 29.3 Å². The maximum Gasteiger partial charge on any atom is 0.270 e. The molecule has 0 bridgehead atoms. The molecule has 8 heteroatoms. The molecule has 142 valence electrons. The quantitative estimate of drug-likeness (QED) is 0.314. The first-order chi connectivity index (χ1) is 12.9. The molecule has 7 nitrogen and oxygen atoms in total. The fraction of sp³-hybridized carbons (Fsp3) is 0.263. The molecule has 0 heterocycles. The van der Waals surface area contributed by atoms with Crippen LogP contribution in [0.1, 0.15) is 22.8 Å². The molecule has 1 unspecified atom stereocenters. The summed E-state index contributed by atoms with van der Waals surface area (Å²) in [7, 11) is 0. The predicted molar refractivity (Wildman–Crippen MR) is 105 cm³/mol. The average molecular weight is 387 g/mol. The second kappa shape index (κ2) is 9.72. The fourth-order valence-corrected chi connectivity index (χ4v) is 3.01. The van der Waals surface area contributed by atoms with Crippen molar-refractivity contribution in [3.63, 3.8) is 0 Å². The Hall–Kier alpha value is -2.87. The van der Waals surface area contributed by atoms with E-state index in [1.54, 1.807) is 18.7 Å². The first kappa shape index (κ1) is 20.4. The first-order valence-electron chi connectivity index (χ1n) is 8.39. The molecule has 2 aromatic rings. The number of nitro groups is 1. The van der Waals surface area contributed by atoms with E-state index >= 15 is 0 Å². The predicted octanol–water partition coefficient (Wildman–Crippen LogP) is 2.93. The van der Waals surface area contributed by atoms with Crippen molar-refractivity contribution in [3.05, 3.63) is 69.8 Å². The van der Waals surface area contributed by atoms with Gasteiger partial charge in [0.15, 0.2) is 0 Å². The van der Waals surface area contributed by atoms with Crippen molar-refractivity contribution in [2.45, 2.75) is 24.8 Å². The van der Waals surface area contributed by atoms with Gasteiger partial charge in [-0.1, -0.05) is 23.8 Å². The summed E-state index contributed by atoms with van der Waals surface area (Å²) in [6.45, 7) is 4.06. The van der Waals surface area contributed by atoms with E-state index < -0.39 is 16.9 Å². The normalized spacial score (nSPS) is 11.5. The van der Waals surface area contributed by atoms with Crippen LogP contribution in [-0.4, -0.2) is 35.1 Å². The molecule has 1 atom stereocenters. The lowest BCUT2D eigenvalue weighted by molar-refractivity contribution is -0.384. The Balaban J connectivity index is 1.77. The number of nitro benzene ring substituents is 1. The molecule has 0 aromatic heterocycles. The summed E-state index contributed by atoms with van der Waals surface area (Å²) >= 11 is 1.63. The number of nitrogens with one attached hydrogen (secondary N) is 2. The molecular formula is C19H21N3O4S. The van der Waals surface area contributed by atoms with E-state index in [9.17, 15) is 19.7 Å². The van der Waals surface area contributed by atoms with Gasteiger partial charge < -0.3 is 10.6 Å². The third-order valence-corrected chi connectivity index (χ3v) is 4.76. The number of amides is 2. The van der Waals surface area contributed by atoms with E-state index in [0.717, 1.165) is 4.90 Å². The maximum absolute atomic E-state index is 12.2. The number of carbonyl (C=O) groups is 2. The summed E-state index contributed by atoms with van der Waals surface area (Å²) in [6.07, 6.45) is 0. The van der Waals surface area contributed by atoms with Crippen LogP contribution in [0.2, 0.25) is 0 Å². The van der Waals surface area contributed by atoms with Crippen molar-refractivity contribution in [1.82, 2.24) is 10.6 Å². The van der Waals surface area contributed by atoms with Crippen LogP contribution in [0.3, 0.4) is 0 Å².